The van der Waals surface area contributed by atoms with E-state index in [0.29, 0.717) is 5.56 Å². The molecule has 0 aliphatic carbocycles. The molecular formula is C19H25ClN4O6S. The van der Waals surface area contributed by atoms with Crippen molar-refractivity contribution in [3.05, 3.63) is 53.1 Å². The molecule has 0 aliphatic rings. The van der Waals surface area contributed by atoms with E-state index in [1.807, 2.05) is 0 Å². The van der Waals surface area contributed by atoms with Crippen molar-refractivity contribution in [2.24, 2.45) is 5.73 Å². The Morgan fingerprint density at radius 1 is 1.23 bits per heavy atom. The molecule has 0 heterocycles. The summed E-state index contributed by atoms with van der Waals surface area (Å²) in [5.74, 6) is -1.47. The zero-order valence-corrected chi connectivity index (χ0v) is 18.6. The van der Waals surface area contributed by atoms with Crippen LogP contribution in [0.4, 0.5) is 0 Å². The summed E-state index contributed by atoms with van der Waals surface area (Å²) in [5.41, 5.74) is 8.76. The third-order valence-electron chi connectivity index (χ3n) is 4.00. The summed E-state index contributed by atoms with van der Waals surface area (Å²) >= 11 is 0. The average Bonchev–Trinajstić information content (AvgIpc) is 2.67. The molecule has 0 radical (unpaired) electrons. The number of nitrogens with one attached hydrogen (secondary N) is 3. The van der Waals surface area contributed by atoms with Crippen LogP contribution < -0.4 is 20.7 Å². The van der Waals surface area contributed by atoms with Gasteiger partial charge in [0.05, 0.1) is 13.0 Å². The van der Waals surface area contributed by atoms with Gasteiger partial charge in [0.1, 0.15) is 4.90 Å². The molecule has 10 nitrogen and oxygen atoms in total. The number of nitrogens with two attached hydrogens (primary N) is 1. The number of hydroxylamine groups is 1. The third kappa shape index (κ3) is 7.63. The highest BCUT2D eigenvalue weighted by Crippen LogP contribution is 2.34. The maximum absolute atomic E-state index is 12.5. The number of aryl methyl sites for hydroxylation is 2. The van der Waals surface area contributed by atoms with E-state index < -0.39 is 21.8 Å². The molecule has 2 aromatic carbocycles. The van der Waals surface area contributed by atoms with Crippen molar-refractivity contribution in [3.63, 3.8) is 0 Å². The van der Waals surface area contributed by atoms with Crippen molar-refractivity contribution in [2.45, 2.75) is 25.2 Å². The van der Waals surface area contributed by atoms with Gasteiger partial charge < -0.3 is 20.3 Å². The third-order valence-corrected chi connectivity index (χ3v) is 5.23. The van der Waals surface area contributed by atoms with Crippen LogP contribution in [-0.4, -0.2) is 38.5 Å². The van der Waals surface area contributed by atoms with Gasteiger partial charge in [-0.2, -0.15) is 8.42 Å². The van der Waals surface area contributed by atoms with Crippen LogP contribution in [0.3, 0.4) is 0 Å². The Kier molecular flexibility index (Phi) is 9.56. The molecule has 0 aromatic heterocycles. The standard InChI is InChI=1S/C19H24N4O6S.ClH/c1-12-4-3-5-14(10-12)30(26,27)29-16-7-6-13(2)15(18(16)25)11-17(24)22-8-9-28-23-19(20)21;/h3-7,10,25H,8-9,11H2,1-2H3,(H,22,24)(H4,20,21,23);1H. The van der Waals surface area contributed by atoms with E-state index in [1.54, 1.807) is 32.0 Å². The predicted octanol–water partition coefficient (Wildman–Crippen LogP) is 1.27. The number of halogens is 1. The zero-order valence-electron chi connectivity index (χ0n) is 17.0. The van der Waals surface area contributed by atoms with Crippen LogP contribution in [0.1, 0.15) is 16.7 Å². The van der Waals surface area contributed by atoms with E-state index in [-0.39, 0.29) is 54.1 Å². The van der Waals surface area contributed by atoms with Gasteiger partial charge in [-0.25, -0.2) is 5.48 Å². The number of carbonyl (C=O) groups excluding carboxylic acids is 1. The number of amides is 1. The lowest BCUT2D eigenvalue weighted by atomic mass is 10.0. The fourth-order valence-corrected chi connectivity index (χ4v) is 3.58. The average molecular weight is 473 g/mol. The van der Waals surface area contributed by atoms with Gasteiger partial charge in [0.15, 0.2) is 11.5 Å². The summed E-state index contributed by atoms with van der Waals surface area (Å²) in [7, 11) is -4.16. The molecule has 0 unspecified atom stereocenters. The number of carbonyl (C=O) groups is 1. The monoisotopic (exact) mass is 472 g/mol. The lowest BCUT2D eigenvalue weighted by Gasteiger charge is -2.14. The molecule has 0 aliphatic heterocycles. The van der Waals surface area contributed by atoms with Crippen molar-refractivity contribution in [1.82, 2.24) is 10.8 Å². The first-order valence-electron chi connectivity index (χ1n) is 8.91. The molecule has 31 heavy (non-hydrogen) atoms. The topological polar surface area (TPSA) is 164 Å². The van der Waals surface area contributed by atoms with E-state index in [9.17, 15) is 18.3 Å². The highest BCUT2D eigenvalue weighted by molar-refractivity contribution is 7.87. The molecule has 0 saturated heterocycles. The molecular weight excluding hydrogens is 448 g/mol. The van der Waals surface area contributed by atoms with E-state index in [4.69, 9.17) is 20.2 Å². The molecule has 0 spiro atoms. The summed E-state index contributed by atoms with van der Waals surface area (Å²) in [6, 6.07) is 9.08. The second-order valence-electron chi connectivity index (χ2n) is 6.45. The number of benzene rings is 2. The number of hydrogen-bond donors (Lipinski definition) is 5. The first-order valence-corrected chi connectivity index (χ1v) is 10.3. The van der Waals surface area contributed by atoms with Gasteiger partial charge in [0.2, 0.25) is 11.9 Å². The molecule has 6 N–H and O–H groups in total. The minimum Gasteiger partial charge on any atom is -0.504 e. The molecule has 0 bridgehead atoms. The summed E-state index contributed by atoms with van der Waals surface area (Å²) in [6.07, 6.45) is -0.195. The Morgan fingerprint density at radius 3 is 2.58 bits per heavy atom. The lowest BCUT2D eigenvalue weighted by Crippen LogP contribution is -2.34. The van der Waals surface area contributed by atoms with Crippen molar-refractivity contribution in [1.29, 1.82) is 5.41 Å². The maximum Gasteiger partial charge on any atom is 0.339 e. The van der Waals surface area contributed by atoms with Gasteiger partial charge in [-0.15, -0.1) is 12.4 Å². The number of hydrogen-bond acceptors (Lipinski definition) is 7. The van der Waals surface area contributed by atoms with Gasteiger partial charge in [0.25, 0.3) is 0 Å². The predicted molar refractivity (Wildman–Crippen MR) is 117 cm³/mol. The minimum absolute atomic E-state index is 0. The van der Waals surface area contributed by atoms with Crippen molar-refractivity contribution in [3.8, 4) is 11.5 Å². The van der Waals surface area contributed by atoms with Crippen LogP contribution in [0.2, 0.25) is 0 Å². The fourth-order valence-electron chi connectivity index (χ4n) is 2.54. The quantitative estimate of drug-likeness (QED) is 0.120. The molecule has 2 aromatic rings. The maximum atomic E-state index is 12.5. The Balaban J connectivity index is 0.00000480. The van der Waals surface area contributed by atoms with Gasteiger partial charge in [-0.3, -0.25) is 15.0 Å². The van der Waals surface area contributed by atoms with Gasteiger partial charge in [0, 0.05) is 12.1 Å². The molecule has 1 amide bonds. The second-order valence-corrected chi connectivity index (χ2v) is 8.00. The van der Waals surface area contributed by atoms with Crippen molar-refractivity contribution < 1.29 is 27.3 Å². The number of phenols is 1. The van der Waals surface area contributed by atoms with E-state index in [2.05, 4.69) is 10.8 Å². The van der Waals surface area contributed by atoms with E-state index in [0.717, 1.165) is 5.56 Å². The van der Waals surface area contributed by atoms with Crippen molar-refractivity contribution in [2.75, 3.05) is 13.2 Å². The highest BCUT2D eigenvalue weighted by Gasteiger charge is 2.22. The fraction of sp³-hybridized carbons (Fsp3) is 0.263. The normalized spacial score (nSPS) is 10.6. The molecule has 0 fully saturated rings. The Hall–Kier alpha value is -3.02. The summed E-state index contributed by atoms with van der Waals surface area (Å²) in [5, 5.41) is 20.0. The largest absolute Gasteiger partial charge is 0.504 e. The highest BCUT2D eigenvalue weighted by atomic mass is 35.5. The first-order chi connectivity index (χ1) is 14.1. The molecule has 0 atom stereocenters. The Bertz CT molecular complexity index is 1050. The van der Waals surface area contributed by atoms with Crippen LogP contribution in [0.25, 0.3) is 0 Å². The second kappa shape index (κ2) is 11.4. The molecule has 12 heteroatoms. The SMILES string of the molecule is Cc1cccc(S(=O)(=O)Oc2ccc(C)c(CC(=O)NCCONC(=N)N)c2O)c1.Cl. The number of aromatic hydroxyl groups is 1. The summed E-state index contributed by atoms with van der Waals surface area (Å²) in [4.78, 5) is 16.9. The van der Waals surface area contributed by atoms with Crippen LogP contribution in [0.15, 0.2) is 41.3 Å². The van der Waals surface area contributed by atoms with Crippen LogP contribution in [0.5, 0.6) is 11.5 Å². The van der Waals surface area contributed by atoms with Gasteiger partial charge in [-0.05, 0) is 43.2 Å². The molecule has 0 saturated carbocycles. The van der Waals surface area contributed by atoms with Crippen LogP contribution in [-0.2, 0) is 26.2 Å². The van der Waals surface area contributed by atoms with E-state index >= 15 is 0 Å². The van der Waals surface area contributed by atoms with E-state index in [1.165, 1.54) is 18.2 Å². The number of guanidine groups is 1. The number of rotatable bonds is 9. The van der Waals surface area contributed by atoms with Gasteiger partial charge in [-0.1, -0.05) is 18.2 Å². The summed E-state index contributed by atoms with van der Waals surface area (Å²) in [6.45, 7) is 3.63. The van der Waals surface area contributed by atoms with Crippen LogP contribution >= 0.6 is 12.4 Å². The molecule has 2 rings (SSSR count). The minimum atomic E-state index is -4.16. The Morgan fingerprint density at radius 2 is 1.94 bits per heavy atom. The van der Waals surface area contributed by atoms with Crippen molar-refractivity contribution >= 4 is 34.4 Å². The number of phenolic OH excluding ortho intramolecular Hbond substituents is 1. The summed E-state index contributed by atoms with van der Waals surface area (Å²) < 4.78 is 30.2. The Labute approximate surface area is 186 Å². The van der Waals surface area contributed by atoms with Crippen LogP contribution in [0, 0.1) is 19.3 Å². The lowest BCUT2D eigenvalue weighted by molar-refractivity contribution is -0.120. The zero-order chi connectivity index (χ0) is 22.3. The smallest absolute Gasteiger partial charge is 0.339 e. The first kappa shape index (κ1) is 26.0. The molecule has 170 valence electrons. The van der Waals surface area contributed by atoms with Gasteiger partial charge >= 0.3 is 10.1 Å².